The summed E-state index contributed by atoms with van der Waals surface area (Å²) < 4.78 is 4.58. The van der Waals surface area contributed by atoms with Crippen LogP contribution in [0.2, 0.25) is 0 Å². The Balaban J connectivity index is 2.84. The highest BCUT2D eigenvalue weighted by Crippen LogP contribution is 2.16. The van der Waals surface area contributed by atoms with Crippen LogP contribution in [0.25, 0.3) is 10.4 Å². The predicted molar refractivity (Wildman–Crippen MR) is 56.5 cm³/mol. The molecular formula is C9H7N3O2S. The van der Waals surface area contributed by atoms with Crippen molar-refractivity contribution in [1.29, 1.82) is 0 Å². The van der Waals surface area contributed by atoms with Crippen LogP contribution in [0.15, 0.2) is 16.6 Å². The van der Waals surface area contributed by atoms with E-state index >= 15 is 0 Å². The van der Waals surface area contributed by atoms with Gasteiger partial charge in [-0.3, -0.25) is 0 Å². The van der Waals surface area contributed by atoms with Crippen LogP contribution < -0.4 is 0 Å². The minimum Gasteiger partial charge on any atom is -0.465 e. The van der Waals surface area contributed by atoms with Gasteiger partial charge >= 0.3 is 5.97 Å². The Hall–Kier alpha value is -1.96. The first kappa shape index (κ1) is 11.1. The second-order valence-electron chi connectivity index (χ2n) is 2.35. The molecule has 0 bridgehead atoms. The van der Waals surface area contributed by atoms with Crippen LogP contribution in [0.1, 0.15) is 15.2 Å². The Morgan fingerprint density at radius 3 is 3.27 bits per heavy atom. The van der Waals surface area contributed by atoms with Gasteiger partial charge in [0.15, 0.2) is 0 Å². The summed E-state index contributed by atoms with van der Waals surface area (Å²) in [5.41, 5.74) is 8.62. The number of azide groups is 1. The van der Waals surface area contributed by atoms with Gasteiger partial charge in [0.05, 0.1) is 13.7 Å². The van der Waals surface area contributed by atoms with Crippen molar-refractivity contribution >= 4 is 17.3 Å². The second kappa shape index (κ2) is 5.70. The monoisotopic (exact) mass is 221 g/mol. The molecule has 0 aliphatic heterocycles. The minimum atomic E-state index is -0.405. The number of carbonyl (C=O) groups excluding carboxylic acids is 1. The zero-order chi connectivity index (χ0) is 11.1. The molecule has 0 atom stereocenters. The van der Waals surface area contributed by atoms with E-state index in [0.717, 1.165) is 0 Å². The van der Waals surface area contributed by atoms with E-state index in [-0.39, 0.29) is 6.54 Å². The molecule has 0 spiro atoms. The summed E-state index contributed by atoms with van der Waals surface area (Å²) in [5, 5.41) is 5.01. The van der Waals surface area contributed by atoms with Gasteiger partial charge in [-0.05, 0) is 17.0 Å². The summed E-state index contributed by atoms with van der Waals surface area (Å²) in [5.74, 6) is 4.97. The third kappa shape index (κ3) is 3.02. The number of methoxy groups -OCH3 is 1. The van der Waals surface area contributed by atoms with Crippen LogP contribution in [0, 0.1) is 11.8 Å². The van der Waals surface area contributed by atoms with Crippen LogP contribution in [-0.2, 0) is 4.74 Å². The van der Waals surface area contributed by atoms with Crippen LogP contribution in [0.4, 0.5) is 0 Å². The number of hydrogen-bond donors (Lipinski definition) is 0. The van der Waals surface area contributed by atoms with Crippen LogP contribution in [0.5, 0.6) is 0 Å². The lowest BCUT2D eigenvalue weighted by atomic mass is 10.2. The van der Waals surface area contributed by atoms with Crippen molar-refractivity contribution in [3.63, 3.8) is 0 Å². The molecule has 0 aliphatic rings. The van der Waals surface area contributed by atoms with Crippen molar-refractivity contribution in [1.82, 2.24) is 0 Å². The number of esters is 1. The summed E-state index contributed by atoms with van der Waals surface area (Å²) in [7, 11) is 1.32. The van der Waals surface area contributed by atoms with Gasteiger partial charge in [0, 0.05) is 10.5 Å². The standard InChI is InChI=1S/C9H7N3O2S/c1-14-9(13)8-7(4-6-15-8)3-2-5-11-12-10/h4,6H,5H2,1H3. The molecule has 0 fully saturated rings. The predicted octanol–water partition coefficient (Wildman–Crippen LogP) is 2.20. The summed E-state index contributed by atoms with van der Waals surface area (Å²) >= 11 is 1.27. The van der Waals surface area contributed by atoms with E-state index in [2.05, 4.69) is 26.6 Å². The molecule has 15 heavy (non-hydrogen) atoms. The van der Waals surface area contributed by atoms with Gasteiger partial charge in [-0.15, -0.1) is 11.3 Å². The molecule has 0 saturated heterocycles. The van der Waals surface area contributed by atoms with Crippen LogP contribution >= 0.6 is 11.3 Å². The summed E-state index contributed by atoms with van der Waals surface area (Å²) in [6.45, 7) is 0.0902. The second-order valence-corrected chi connectivity index (χ2v) is 3.26. The van der Waals surface area contributed by atoms with Crippen molar-refractivity contribution < 1.29 is 9.53 Å². The topological polar surface area (TPSA) is 75.1 Å². The number of ether oxygens (including phenoxy) is 1. The van der Waals surface area contributed by atoms with Crippen molar-refractivity contribution in [2.24, 2.45) is 5.11 Å². The fraction of sp³-hybridized carbons (Fsp3) is 0.222. The molecule has 76 valence electrons. The normalized spacial score (nSPS) is 8.33. The van der Waals surface area contributed by atoms with Crippen molar-refractivity contribution in [2.45, 2.75) is 0 Å². The maximum Gasteiger partial charge on any atom is 0.349 e. The molecule has 5 nitrogen and oxygen atoms in total. The van der Waals surface area contributed by atoms with E-state index in [4.69, 9.17) is 5.53 Å². The van der Waals surface area contributed by atoms with E-state index in [1.54, 1.807) is 11.4 Å². The number of thiophene rings is 1. The first-order valence-electron chi connectivity index (χ1n) is 3.95. The molecule has 0 radical (unpaired) electrons. The van der Waals surface area contributed by atoms with E-state index in [1.165, 1.54) is 18.4 Å². The molecule has 0 aromatic carbocycles. The molecule has 1 rings (SSSR count). The molecule has 0 amide bonds. The molecule has 0 aliphatic carbocycles. The van der Waals surface area contributed by atoms with E-state index in [0.29, 0.717) is 10.4 Å². The van der Waals surface area contributed by atoms with Gasteiger partial charge in [0.2, 0.25) is 0 Å². The molecule has 0 unspecified atom stereocenters. The Kier molecular flexibility index (Phi) is 4.23. The molecule has 6 heteroatoms. The molecular weight excluding hydrogens is 214 g/mol. The van der Waals surface area contributed by atoms with Crippen molar-refractivity contribution in [3.05, 3.63) is 32.3 Å². The first-order chi connectivity index (χ1) is 7.29. The molecule has 0 saturated carbocycles. The largest absolute Gasteiger partial charge is 0.465 e. The maximum atomic E-state index is 11.2. The fourth-order valence-electron chi connectivity index (χ4n) is 0.860. The maximum absolute atomic E-state index is 11.2. The Bertz CT molecular complexity index is 463. The van der Waals surface area contributed by atoms with Crippen molar-refractivity contribution in [3.8, 4) is 11.8 Å². The van der Waals surface area contributed by atoms with Crippen LogP contribution in [-0.4, -0.2) is 19.6 Å². The molecule has 1 heterocycles. The van der Waals surface area contributed by atoms with E-state index in [1.807, 2.05) is 0 Å². The minimum absolute atomic E-state index is 0.0902. The summed E-state index contributed by atoms with van der Waals surface area (Å²) in [4.78, 5) is 14.2. The summed E-state index contributed by atoms with van der Waals surface area (Å²) in [6, 6.07) is 1.72. The number of rotatable bonds is 2. The SMILES string of the molecule is COC(=O)c1sccc1C#CCN=[N+]=[N-]. The quantitative estimate of drug-likeness (QED) is 0.252. The Morgan fingerprint density at radius 1 is 1.80 bits per heavy atom. The smallest absolute Gasteiger partial charge is 0.349 e. The average molecular weight is 221 g/mol. The lowest BCUT2D eigenvalue weighted by molar-refractivity contribution is 0.0606. The zero-order valence-corrected chi connectivity index (χ0v) is 8.74. The van der Waals surface area contributed by atoms with E-state index < -0.39 is 5.97 Å². The number of hydrogen-bond acceptors (Lipinski definition) is 4. The lowest BCUT2D eigenvalue weighted by Crippen LogP contribution is -1.99. The highest BCUT2D eigenvalue weighted by atomic mass is 32.1. The van der Waals surface area contributed by atoms with Gasteiger partial charge in [-0.2, -0.15) is 0 Å². The van der Waals surface area contributed by atoms with Gasteiger partial charge in [-0.1, -0.05) is 17.0 Å². The highest BCUT2D eigenvalue weighted by Gasteiger charge is 2.11. The first-order valence-corrected chi connectivity index (χ1v) is 4.83. The van der Waals surface area contributed by atoms with Gasteiger partial charge < -0.3 is 4.74 Å². The van der Waals surface area contributed by atoms with Gasteiger partial charge in [-0.25, -0.2) is 4.79 Å². The van der Waals surface area contributed by atoms with Gasteiger partial charge in [0.25, 0.3) is 0 Å². The van der Waals surface area contributed by atoms with Gasteiger partial charge in [0.1, 0.15) is 4.88 Å². The zero-order valence-electron chi connectivity index (χ0n) is 7.93. The molecule has 0 N–H and O–H groups in total. The average Bonchev–Trinajstić information content (AvgIpc) is 2.71. The summed E-state index contributed by atoms with van der Waals surface area (Å²) in [6.07, 6.45) is 0. The molecule has 1 aromatic rings. The lowest BCUT2D eigenvalue weighted by Gasteiger charge is -1.94. The third-order valence-corrected chi connectivity index (χ3v) is 2.37. The fourth-order valence-corrected chi connectivity index (χ4v) is 1.63. The van der Waals surface area contributed by atoms with Crippen LogP contribution in [0.3, 0.4) is 0 Å². The highest BCUT2D eigenvalue weighted by molar-refractivity contribution is 7.12. The Labute approximate surface area is 90.3 Å². The number of carbonyl (C=O) groups is 1. The Morgan fingerprint density at radius 2 is 2.60 bits per heavy atom. The van der Waals surface area contributed by atoms with Crippen molar-refractivity contribution in [2.75, 3.05) is 13.7 Å². The van der Waals surface area contributed by atoms with E-state index in [9.17, 15) is 4.79 Å². The number of nitrogens with zero attached hydrogens (tertiary/aromatic N) is 3. The molecule has 1 aromatic heterocycles. The third-order valence-electron chi connectivity index (χ3n) is 1.47.